The van der Waals surface area contributed by atoms with Crippen molar-refractivity contribution in [1.82, 2.24) is 5.32 Å². The van der Waals surface area contributed by atoms with Gasteiger partial charge < -0.3 is 18.9 Å². The average molecular weight is 263 g/mol. The Balaban J connectivity index is 1.79. The van der Waals surface area contributed by atoms with Crippen molar-refractivity contribution in [3.8, 4) is 0 Å². The molecule has 2 rings (SSSR count). The first-order valence-corrected chi connectivity index (χ1v) is 6.68. The first-order valence-electron chi connectivity index (χ1n) is 6.68. The van der Waals surface area contributed by atoms with Crippen molar-refractivity contribution in [2.45, 2.75) is 40.0 Å². The molecule has 19 heavy (non-hydrogen) atoms. The quantitative estimate of drug-likeness (QED) is 0.741. The fourth-order valence-electron chi connectivity index (χ4n) is 1.86. The molecule has 2 aromatic rings. The zero-order valence-corrected chi connectivity index (χ0v) is 11.6. The van der Waals surface area contributed by atoms with Gasteiger partial charge in [0.2, 0.25) is 0 Å². The van der Waals surface area contributed by atoms with E-state index in [2.05, 4.69) is 18.3 Å². The number of ether oxygens (including phenoxy) is 1. The molecule has 4 heteroatoms. The first kappa shape index (κ1) is 13.9. The molecular weight excluding hydrogens is 242 g/mol. The van der Waals surface area contributed by atoms with E-state index in [4.69, 9.17) is 13.6 Å². The normalized spacial score (nSPS) is 11.1. The summed E-state index contributed by atoms with van der Waals surface area (Å²) in [5, 5.41) is 3.32. The monoisotopic (exact) mass is 263 g/mol. The summed E-state index contributed by atoms with van der Waals surface area (Å²) in [4.78, 5) is 0. The second-order valence-electron chi connectivity index (χ2n) is 4.54. The lowest BCUT2D eigenvalue weighted by molar-refractivity contribution is 0.0921. The molecule has 0 spiro atoms. The Bertz CT molecular complexity index is 474. The fraction of sp³-hybridized carbons (Fsp3) is 0.467. The topological polar surface area (TPSA) is 47.5 Å². The van der Waals surface area contributed by atoms with Crippen LogP contribution in [0.2, 0.25) is 0 Å². The molecule has 0 amide bonds. The van der Waals surface area contributed by atoms with Gasteiger partial charge in [-0.3, -0.25) is 0 Å². The molecule has 0 aliphatic heterocycles. The third-order valence-electron chi connectivity index (χ3n) is 2.88. The van der Waals surface area contributed by atoms with Crippen molar-refractivity contribution in [1.29, 1.82) is 0 Å². The third-order valence-corrected chi connectivity index (χ3v) is 2.88. The molecular formula is C15H21NO3. The molecule has 0 unspecified atom stereocenters. The van der Waals surface area contributed by atoms with Gasteiger partial charge in [-0.15, -0.1) is 0 Å². The minimum Gasteiger partial charge on any atom is -0.467 e. The van der Waals surface area contributed by atoms with E-state index in [-0.39, 0.29) is 0 Å². The maximum atomic E-state index is 5.68. The van der Waals surface area contributed by atoms with Crippen molar-refractivity contribution < 1.29 is 13.6 Å². The van der Waals surface area contributed by atoms with Crippen LogP contribution in [0.4, 0.5) is 0 Å². The van der Waals surface area contributed by atoms with Crippen LogP contribution in [0.5, 0.6) is 0 Å². The molecule has 2 heterocycles. The summed E-state index contributed by atoms with van der Waals surface area (Å²) < 4.78 is 16.5. The Kier molecular flexibility index (Phi) is 5.24. The Morgan fingerprint density at radius 3 is 2.89 bits per heavy atom. The van der Waals surface area contributed by atoms with Crippen LogP contribution in [0.15, 0.2) is 33.3 Å². The molecule has 0 radical (unpaired) electrons. The van der Waals surface area contributed by atoms with Crippen molar-refractivity contribution in [3.05, 3.63) is 47.3 Å². The second-order valence-corrected chi connectivity index (χ2v) is 4.54. The Morgan fingerprint density at radius 1 is 1.26 bits per heavy atom. The van der Waals surface area contributed by atoms with Crippen molar-refractivity contribution in [2.24, 2.45) is 0 Å². The van der Waals surface area contributed by atoms with Gasteiger partial charge in [-0.25, -0.2) is 0 Å². The zero-order chi connectivity index (χ0) is 13.5. The predicted molar refractivity (Wildman–Crippen MR) is 72.6 cm³/mol. The molecule has 0 fully saturated rings. The van der Waals surface area contributed by atoms with Gasteiger partial charge in [0, 0.05) is 5.56 Å². The lowest BCUT2D eigenvalue weighted by Gasteiger charge is -2.00. The maximum absolute atomic E-state index is 5.68. The van der Waals surface area contributed by atoms with Gasteiger partial charge in [0.1, 0.15) is 23.9 Å². The predicted octanol–water partition coefficient (Wildman–Crippen LogP) is 3.40. The van der Waals surface area contributed by atoms with Crippen molar-refractivity contribution in [2.75, 3.05) is 6.54 Å². The molecule has 0 bridgehead atoms. The first-order chi connectivity index (χ1) is 9.29. The van der Waals surface area contributed by atoms with E-state index < -0.39 is 0 Å². The van der Waals surface area contributed by atoms with Crippen LogP contribution in [0.1, 0.15) is 36.2 Å². The molecule has 0 saturated carbocycles. The van der Waals surface area contributed by atoms with E-state index in [1.54, 1.807) is 6.26 Å². The summed E-state index contributed by atoms with van der Waals surface area (Å²) in [5.74, 6) is 2.72. The van der Waals surface area contributed by atoms with Gasteiger partial charge in [0.05, 0.1) is 19.4 Å². The molecule has 0 saturated heterocycles. The van der Waals surface area contributed by atoms with Crippen molar-refractivity contribution in [3.63, 3.8) is 0 Å². The van der Waals surface area contributed by atoms with E-state index in [9.17, 15) is 0 Å². The van der Waals surface area contributed by atoms with Gasteiger partial charge in [-0.1, -0.05) is 6.92 Å². The van der Waals surface area contributed by atoms with Crippen LogP contribution in [0.25, 0.3) is 0 Å². The molecule has 0 aromatic carbocycles. The van der Waals surface area contributed by atoms with Gasteiger partial charge >= 0.3 is 0 Å². The highest BCUT2D eigenvalue weighted by Gasteiger charge is 2.07. The van der Waals surface area contributed by atoms with Crippen LogP contribution in [0, 0.1) is 6.92 Å². The van der Waals surface area contributed by atoms with Crippen LogP contribution < -0.4 is 5.32 Å². The number of furan rings is 2. The number of rotatable bonds is 8. The van der Waals surface area contributed by atoms with E-state index in [1.807, 2.05) is 19.1 Å². The Morgan fingerprint density at radius 2 is 2.16 bits per heavy atom. The minimum absolute atomic E-state index is 0.487. The zero-order valence-electron chi connectivity index (χ0n) is 11.6. The van der Waals surface area contributed by atoms with Gasteiger partial charge in [0.15, 0.2) is 0 Å². The van der Waals surface area contributed by atoms with E-state index >= 15 is 0 Å². The number of hydrogen-bond donors (Lipinski definition) is 1. The summed E-state index contributed by atoms with van der Waals surface area (Å²) in [7, 11) is 0. The van der Waals surface area contributed by atoms with Gasteiger partial charge in [0.25, 0.3) is 0 Å². The highest BCUT2D eigenvalue weighted by Crippen LogP contribution is 2.16. The van der Waals surface area contributed by atoms with Gasteiger partial charge in [-0.05, 0) is 38.1 Å². The largest absolute Gasteiger partial charge is 0.467 e. The summed E-state index contributed by atoms with van der Waals surface area (Å²) in [6.07, 6.45) is 2.78. The van der Waals surface area contributed by atoms with E-state index in [0.717, 1.165) is 42.4 Å². The van der Waals surface area contributed by atoms with Gasteiger partial charge in [-0.2, -0.15) is 0 Å². The van der Waals surface area contributed by atoms with Crippen molar-refractivity contribution >= 4 is 0 Å². The van der Waals surface area contributed by atoms with Crippen LogP contribution in [0.3, 0.4) is 0 Å². The third kappa shape index (κ3) is 4.26. The molecule has 0 atom stereocenters. The van der Waals surface area contributed by atoms with E-state index in [1.165, 1.54) is 0 Å². The molecule has 1 N–H and O–H groups in total. The Hall–Kier alpha value is -1.52. The minimum atomic E-state index is 0.487. The van der Waals surface area contributed by atoms with E-state index in [0.29, 0.717) is 13.2 Å². The number of nitrogens with one attached hydrogen (secondary N) is 1. The van der Waals surface area contributed by atoms with Crippen LogP contribution in [-0.4, -0.2) is 6.54 Å². The highest BCUT2D eigenvalue weighted by molar-refractivity contribution is 5.20. The molecule has 104 valence electrons. The lowest BCUT2D eigenvalue weighted by Crippen LogP contribution is -2.13. The summed E-state index contributed by atoms with van der Waals surface area (Å²) in [6.45, 7) is 6.92. The second kappa shape index (κ2) is 7.16. The van der Waals surface area contributed by atoms with Crippen LogP contribution in [-0.2, 0) is 24.5 Å². The molecule has 4 nitrogen and oxygen atoms in total. The molecule has 2 aromatic heterocycles. The van der Waals surface area contributed by atoms with Crippen LogP contribution >= 0.6 is 0 Å². The smallest absolute Gasteiger partial charge is 0.129 e. The molecule has 0 aliphatic rings. The fourth-order valence-corrected chi connectivity index (χ4v) is 1.86. The SMILES string of the molecule is CCCNCc1cc(COCc2ccco2)c(C)o1. The molecule has 0 aliphatic carbocycles. The highest BCUT2D eigenvalue weighted by atomic mass is 16.5. The maximum Gasteiger partial charge on any atom is 0.129 e. The standard InChI is InChI=1S/C15H21NO3/c1-3-6-16-9-15-8-13(12(2)19-15)10-17-11-14-5-4-7-18-14/h4-5,7-8,16H,3,6,9-11H2,1-2H3. The number of aryl methyl sites for hydroxylation is 1. The lowest BCUT2D eigenvalue weighted by atomic mass is 10.2. The summed E-state index contributed by atoms with van der Waals surface area (Å²) in [6, 6.07) is 5.82. The summed E-state index contributed by atoms with van der Waals surface area (Å²) in [5.41, 5.74) is 1.10. The number of hydrogen-bond acceptors (Lipinski definition) is 4. The summed E-state index contributed by atoms with van der Waals surface area (Å²) >= 11 is 0. The Labute approximate surface area is 113 Å². The average Bonchev–Trinajstić information content (AvgIpc) is 3.01.